The molecule has 1 amide bonds. The Bertz CT molecular complexity index is 1760. The molecule has 0 atom stereocenters. The highest BCUT2D eigenvalue weighted by molar-refractivity contribution is 7.89. The van der Waals surface area contributed by atoms with Gasteiger partial charge in [0.05, 0.1) is 4.90 Å². The second-order valence-corrected chi connectivity index (χ2v) is 9.66. The first-order chi connectivity index (χ1) is 17.8. The lowest BCUT2D eigenvalue weighted by atomic mass is 10.2. The van der Waals surface area contributed by atoms with Crippen LogP contribution in [0.4, 0.5) is 11.6 Å². The number of fused-ring (bicyclic) bond motifs is 1. The third kappa shape index (κ3) is 4.79. The van der Waals surface area contributed by atoms with Gasteiger partial charge < -0.3 is 10.6 Å². The summed E-state index contributed by atoms with van der Waals surface area (Å²) in [6.07, 6.45) is 2.69. The fourth-order valence-corrected chi connectivity index (χ4v) is 4.64. The summed E-state index contributed by atoms with van der Waals surface area (Å²) in [4.78, 5) is 37.6. The molecule has 186 valence electrons. The summed E-state index contributed by atoms with van der Waals surface area (Å²) in [7, 11) is -2.34. The maximum atomic E-state index is 13.0. The number of hydrogen-bond donors (Lipinski definition) is 2. The molecule has 37 heavy (non-hydrogen) atoms. The Balaban J connectivity index is 1.33. The van der Waals surface area contributed by atoms with Gasteiger partial charge in [0.1, 0.15) is 18.5 Å². The van der Waals surface area contributed by atoms with Crippen LogP contribution in [0.2, 0.25) is 0 Å². The van der Waals surface area contributed by atoms with E-state index in [9.17, 15) is 18.0 Å². The minimum Gasteiger partial charge on any atom is -0.357 e. The van der Waals surface area contributed by atoms with E-state index in [4.69, 9.17) is 0 Å². The Morgan fingerprint density at radius 1 is 0.973 bits per heavy atom. The van der Waals surface area contributed by atoms with Crippen LogP contribution in [0, 0.1) is 0 Å². The van der Waals surface area contributed by atoms with E-state index in [0.717, 1.165) is 10.4 Å². The van der Waals surface area contributed by atoms with Crippen LogP contribution in [0.25, 0.3) is 22.4 Å². The fourth-order valence-electron chi connectivity index (χ4n) is 3.59. The first-order valence-electron chi connectivity index (χ1n) is 11.0. The lowest BCUT2D eigenvalue weighted by Gasteiger charge is -2.11. The molecule has 3 heterocycles. The van der Waals surface area contributed by atoms with Crippen molar-refractivity contribution in [3.63, 3.8) is 0 Å². The molecule has 0 saturated carbocycles. The van der Waals surface area contributed by atoms with Crippen LogP contribution < -0.4 is 16.2 Å². The van der Waals surface area contributed by atoms with Gasteiger partial charge in [0.25, 0.3) is 15.6 Å². The van der Waals surface area contributed by atoms with Crippen molar-refractivity contribution < 1.29 is 13.2 Å². The van der Waals surface area contributed by atoms with Crippen molar-refractivity contribution in [1.82, 2.24) is 28.7 Å². The van der Waals surface area contributed by atoms with Gasteiger partial charge >= 0.3 is 0 Å². The first-order valence-corrected chi connectivity index (χ1v) is 12.5. The van der Waals surface area contributed by atoms with E-state index in [0.29, 0.717) is 28.2 Å². The Kier molecular flexibility index (Phi) is 6.19. The van der Waals surface area contributed by atoms with Crippen molar-refractivity contribution in [2.24, 2.45) is 0 Å². The number of nitrogens with one attached hydrogen (secondary N) is 2. The fraction of sp³-hybridized carbons (Fsp3) is 0.0833. The number of pyridine rings is 1. The smallest absolute Gasteiger partial charge is 0.284 e. The van der Waals surface area contributed by atoms with Gasteiger partial charge in [-0.15, -0.1) is 9.19 Å². The van der Waals surface area contributed by atoms with E-state index in [1.54, 1.807) is 31.4 Å². The molecule has 12 nitrogen and oxygen atoms in total. The van der Waals surface area contributed by atoms with E-state index >= 15 is 0 Å². The minimum atomic E-state index is -3.99. The molecule has 5 aromatic rings. The molecule has 0 unspecified atom stereocenters. The summed E-state index contributed by atoms with van der Waals surface area (Å²) in [5.41, 5.74) is 0.957. The number of carbonyl (C=O) groups is 1. The van der Waals surface area contributed by atoms with Crippen molar-refractivity contribution in [1.29, 1.82) is 0 Å². The zero-order valence-electron chi connectivity index (χ0n) is 19.4. The summed E-state index contributed by atoms with van der Waals surface area (Å²) in [5.74, 6) is 0.106. The lowest BCUT2D eigenvalue weighted by molar-refractivity contribution is -0.116. The van der Waals surface area contributed by atoms with Crippen LogP contribution in [0.15, 0.2) is 88.9 Å². The van der Waals surface area contributed by atoms with Crippen LogP contribution in [0.3, 0.4) is 0 Å². The molecule has 0 aliphatic heterocycles. The quantitative estimate of drug-likeness (QED) is 0.330. The molecule has 3 aromatic heterocycles. The van der Waals surface area contributed by atoms with Crippen molar-refractivity contribution in [3.05, 3.63) is 89.6 Å². The highest BCUT2D eigenvalue weighted by Crippen LogP contribution is 2.19. The van der Waals surface area contributed by atoms with Crippen LogP contribution in [-0.4, -0.2) is 50.1 Å². The van der Waals surface area contributed by atoms with E-state index in [2.05, 4.69) is 30.7 Å². The van der Waals surface area contributed by atoms with E-state index in [1.165, 1.54) is 34.9 Å². The van der Waals surface area contributed by atoms with Crippen LogP contribution in [-0.2, 0) is 21.4 Å². The van der Waals surface area contributed by atoms with Gasteiger partial charge in [-0.3, -0.25) is 14.2 Å². The van der Waals surface area contributed by atoms with Crippen LogP contribution >= 0.6 is 0 Å². The summed E-state index contributed by atoms with van der Waals surface area (Å²) in [6, 6.07) is 17.5. The normalized spacial score (nSPS) is 11.4. The molecule has 0 saturated heterocycles. The molecule has 0 radical (unpaired) electrons. The second-order valence-electron chi connectivity index (χ2n) is 7.86. The average molecular weight is 517 g/mol. The number of anilines is 2. The highest BCUT2D eigenvalue weighted by Gasteiger charge is 2.20. The summed E-state index contributed by atoms with van der Waals surface area (Å²) < 4.78 is 28.0. The molecule has 13 heteroatoms. The van der Waals surface area contributed by atoms with Gasteiger partial charge in [0.15, 0.2) is 5.82 Å². The maximum absolute atomic E-state index is 13.0. The molecule has 0 aliphatic carbocycles. The van der Waals surface area contributed by atoms with Crippen molar-refractivity contribution in [2.45, 2.75) is 11.4 Å². The van der Waals surface area contributed by atoms with Gasteiger partial charge in [-0.05, 0) is 30.3 Å². The third-order valence-corrected chi connectivity index (χ3v) is 6.97. The lowest BCUT2D eigenvalue weighted by Crippen LogP contribution is -2.28. The number of amides is 1. The molecule has 0 bridgehead atoms. The largest absolute Gasteiger partial charge is 0.357 e. The van der Waals surface area contributed by atoms with E-state index in [-0.39, 0.29) is 17.3 Å². The van der Waals surface area contributed by atoms with Gasteiger partial charge in [-0.25, -0.2) is 9.97 Å². The van der Waals surface area contributed by atoms with Gasteiger partial charge in [0.2, 0.25) is 11.9 Å². The maximum Gasteiger partial charge on any atom is 0.284 e. The Labute approximate surface area is 210 Å². The summed E-state index contributed by atoms with van der Waals surface area (Å²) in [5, 5.41) is 10.2. The number of hydrogen-bond acceptors (Lipinski definition) is 9. The van der Waals surface area contributed by atoms with Crippen molar-refractivity contribution in [2.75, 3.05) is 17.7 Å². The zero-order valence-corrected chi connectivity index (χ0v) is 20.3. The molecule has 5 rings (SSSR count). The molecule has 0 aliphatic rings. The molecular formula is C24H20N8O4S. The predicted octanol–water partition coefficient (Wildman–Crippen LogP) is 1.97. The van der Waals surface area contributed by atoms with E-state index < -0.39 is 21.5 Å². The van der Waals surface area contributed by atoms with E-state index in [1.807, 2.05) is 18.2 Å². The topological polar surface area (TPSA) is 154 Å². The molecule has 2 aromatic carbocycles. The predicted molar refractivity (Wildman–Crippen MR) is 136 cm³/mol. The number of carbonyl (C=O) groups excluding carboxylic acids is 1. The highest BCUT2D eigenvalue weighted by atomic mass is 32.2. The molecule has 0 spiro atoms. The zero-order chi connectivity index (χ0) is 26.0. The van der Waals surface area contributed by atoms with Gasteiger partial charge in [0, 0.05) is 35.9 Å². The summed E-state index contributed by atoms with van der Waals surface area (Å²) >= 11 is 0. The Morgan fingerprint density at radius 3 is 2.46 bits per heavy atom. The number of rotatable bonds is 7. The molecule has 0 fully saturated rings. The standard InChI is InChI=1S/C24H20N8O4S/c1-25-24-26-13-17-7-12-21(34)31(23(17)29-24)14-20(33)28-18-8-10-19(11-9-18)37(35,36)32-15-27-22(30-32)16-5-3-2-4-6-16/h2-13,15H,14H2,1H3,(H,28,33)(H,25,26,29). The first kappa shape index (κ1) is 23.8. The SMILES string of the molecule is CNc1ncc2ccc(=O)n(CC(=O)Nc3ccc(S(=O)(=O)n4cnc(-c5ccccc5)n4)cc3)c2n1. The second kappa shape index (κ2) is 9.62. The third-order valence-electron chi connectivity index (χ3n) is 5.43. The minimum absolute atomic E-state index is 0.0309. The molecule has 2 N–H and O–H groups in total. The Morgan fingerprint density at radius 2 is 1.73 bits per heavy atom. The van der Waals surface area contributed by atoms with Gasteiger partial charge in [-0.1, -0.05) is 30.3 Å². The monoisotopic (exact) mass is 516 g/mol. The average Bonchev–Trinajstić information content (AvgIpc) is 3.42. The molecular weight excluding hydrogens is 496 g/mol. The van der Waals surface area contributed by atoms with Crippen molar-refractivity contribution >= 4 is 38.6 Å². The Hall–Kier alpha value is -4.91. The van der Waals surface area contributed by atoms with Crippen molar-refractivity contribution in [3.8, 4) is 11.4 Å². The van der Waals surface area contributed by atoms with Crippen LogP contribution in [0.1, 0.15) is 0 Å². The van der Waals surface area contributed by atoms with Crippen LogP contribution in [0.5, 0.6) is 0 Å². The summed E-state index contributed by atoms with van der Waals surface area (Å²) in [6.45, 7) is -0.294. The number of nitrogens with zero attached hydrogens (tertiary/aromatic N) is 6. The number of benzene rings is 2. The van der Waals surface area contributed by atoms with Gasteiger partial charge in [-0.2, -0.15) is 13.4 Å². The number of aromatic nitrogens is 6.